The molecule has 0 saturated carbocycles. The molecule has 110 valence electrons. The van der Waals surface area contributed by atoms with Crippen LogP contribution in [-0.2, 0) is 0 Å². The van der Waals surface area contributed by atoms with Crippen LogP contribution in [0.15, 0.2) is 47.3 Å². The smallest absolute Gasteiger partial charge is 0.231 e. The molecule has 0 aliphatic carbocycles. The number of ether oxygens (including phenoxy) is 2. The van der Waals surface area contributed by atoms with Gasteiger partial charge in [0.1, 0.15) is 22.3 Å². The van der Waals surface area contributed by atoms with Crippen LogP contribution in [0.5, 0.6) is 11.5 Å². The third-order valence-corrected chi connectivity index (χ3v) is 3.79. The van der Waals surface area contributed by atoms with Crippen molar-refractivity contribution in [1.29, 1.82) is 0 Å². The average molecular weight is 360 g/mol. The van der Waals surface area contributed by atoms with Gasteiger partial charge < -0.3 is 14.7 Å². The minimum atomic E-state index is 0.206. The van der Waals surface area contributed by atoms with E-state index in [4.69, 9.17) is 9.47 Å². The molecule has 0 fully saturated rings. The van der Waals surface area contributed by atoms with Gasteiger partial charge in [0.05, 0.1) is 5.69 Å². The van der Waals surface area contributed by atoms with Crippen LogP contribution in [-0.4, -0.2) is 26.7 Å². The van der Waals surface area contributed by atoms with E-state index in [1.807, 2.05) is 36.4 Å². The van der Waals surface area contributed by atoms with Crippen LogP contribution >= 0.6 is 15.9 Å². The molecule has 0 spiro atoms. The van der Waals surface area contributed by atoms with Gasteiger partial charge in [-0.15, -0.1) is 0 Å². The maximum atomic E-state index is 10.1. The monoisotopic (exact) mass is 359 g/mol. The molecular formula is C15H10BrN3O3. The number of pyridine rings is 1. The molecule has 0 unspecified atom stereocenters. The summed E-state index contributed by atoms with van der Waals surface area (Å²) in [4.78, 5) is 8.64. The number of hydrogen-bond donors (Lipinski definition) is 1. The first-order chi connectivity index (χ1) is 10.7. The van der Waals surface area contributed by atoms with Crippen molar-refractivity contribution in [2.24, 2.45) is 0 Å². The number of aromatic nitrogens is 3. The van der Waals surface area contributed by atoms with E-state index in [-0.39, 0.29) is 6.79 Å². The van der Waals surface area contributed by atoms with Gasteiger partial charge in [0.15, 0.2) is 11.5 Å². The Bertz CT molecular complexity index is 863. The number of fused-ring (bicyclic) bond motifs is 1. The lowest BCUT2D eigenvalue weighted by Gasteiger charge is -2.06. The van der Waals surface area contributed by atoms with E-state index >= 15 is 0 Å². The van der Waals surface area contributed by atoms with Crippen molar-refractivity contribution in [3.8, 4) is 34.1 Å². The molecule has 0 bridgehead atoms. The fourth-order valence-corrected chi connectivity index (χ4v) is 2.72. The Morgan fingerprint density at radius 1 is 1.14 bits per heavy atom. The zero-order valence-electron chi connectivity index (χ0n) is 11.2. The molecule has 3 heterocycles. The highest BCUT2D eigenvalue weighted by atomic mass is 79.9. The minimum absolute atomic E-state index is 0.206. The van der Waals surface area contributed by atoms with E-state index in [1.165, 1.54) is 6.33 Å². The first-order valence-corrected chi connectivity index (χ1v) is 7.31. The lowest BCUT2D eigenvalue weighted by molar-refractivity contribution is 0.174. The van der Waals surface area contributed by atoms with Gasteiger partial charge >= 0.3 is 0 Å². The van der Waals surface area contributed by atoms with Crippen LogP contribution in [0.1, 0.15) is 0 Å². The number of hydrogen-bond acceptors (Lipinski definition) is 5. The molecule has 1 aromatic carbocycles. The summed E-state index contributed by atoms with van der Waals surface area (Å²) in [7, 11) is 0. The Kier molecular flexibility index (Phi) is 3.00. The summed E-state index contributed by atoms with van der Waals surface area (Å²) in [6, 6.07) is 11.0. The summed E-state index contributed by atoms with van der Waals surface area (Å²) >= 11 is 3.34. The molecule has 3 aromatic rings. The largest absolute Gasteiger partial charge is 0.454 e. The Labute approximate surface area is 134 Å². The second-order valence-electron chi connectivity index (χ2n) is 4.70. The molecule has 1 aliphatic heterocycles. The first-order valence-electron chi connectivity index (χ1n) is 6.52. The number of benzene rings is 1. The lowest BCUT2D eigenvalue weighted by atomic mass is 10.1. The summed E-state index contributed by atoms with van der Waals surface area (Å²) < 4.78 is 12.4. The number of rotatable bonds is 2. The predicted molar refractivity (Wildman–Crippen MR) is 81.9 cm³/mol. The molecule has 22 heavy (non-hydrogen) atoms. The van der Waals surface area contributed by atoms with Gasteiger partial charge in [-0.25, -0.2) is 9.97 Å². The third-order valence-electron chi connectivity index (χ3n) is 3.35. The molecule has 4 rings (SSSR count). The van der Waals surface area contributed by atoms with E-state index < -0.39 is 0 Å². The fraction of sp³-hybridized carbons (Fsp3) is 0.0667. The minimum Gasteiger partial charge on any atom is -0.454 e. The highest BCUT2D eigenvalue weighted by Gasteiger charge is 2.20. The van der Waals surface area contributed by atoms with E-state index in [0.717, 1.165) is 10.3 Å². The number of nitrogens with zero attached hydrogens (tertiary/aromatic N) is 3. The number of halogens is 1. The fourth-order valence-electron chi connectivity index (χ4n) is 2.38. The van der Waals surface area contributed by atoms with Crippen LogP contribution in [0.3, 0.4) is 0 Å². The van der Waals surface area contributed by atoms with Crippen LogP contribution in [0.25, 0.3) is 22.6 Å². The van der Waals surface area contributed by atoms with Crippen molar-refractivity contribution < 1.29 is 14.7 Å². The van der Waals surface area contributed by atoms with Crippen molar-refractivity contribution in [2.45, 2.75) is 0 Å². The first kappa shape index (κ1) is 13.1. The van der Waals surface area contributed by atoms with Crippen molar-refractivity contribution >= 4 is 15.9 Å². The molecule has 0 atom stereocenters. The molecule has 7 heteroatoms. The quantitative estimate of drug-likeness (QED) is 0.561. The normalized spacial score (nSPS) is 12.6. The van der Waals surface area contributed by atoms with Crippen molar-refractivity contribution in [2.75, 3.05) is 6.79 Å². The average Bonchev–Trinajstić information content (AvgIpc) is 3.12. The molecular weight excluding hydrogens is 350 g/mol. The van der Waals surface area contributed by atoms with Crippen LogP contribution < -0.4 is 9.47 Å². The van der Waals surface area contributed by atoms with Gasteiger partial charge in [0, 0.05) is 5.56 Å². The van der Waals surface area contributed by atoms with Crippen molar-refractivity contribution in [1.82, 2.24) is 14.7 Å². The van der Waals surface area contributed by atoms with Crippen LogP contribution in [0.2, 0.25) is 0 Å². The molecule has 2 aromatic heterocycles. The summed E-state index contributed by atoms with van der Waals surface area (Å²) in [5, 5.41) is 10.1. The molecule has 0 amide bonds. The maximum Gasteiger partial charge on any atom is 0.231 e. The zero-order chi connectivity index (χ0) is 15.1. The molecule has 1 aliphatic rings. The maximum absolute atomic E-state index is 10.1. The highest BCUT2D eigenvalue weighted by Crippen LogP contribution is 2.38. The third kappa shape index (κ3) is 2.10. The van der Waals surface area contributed by atoms with Gasteiger partial charge in [0.25, 0.3) is 0 Å². The van der Waals surface area contributed by atoms with E-state index in [0.29, 0.717) is 33.2 Å². The van der Waals surface area contributed by atoms with Gasteiger partial charge in [-0.1, -0.05) is 6.07 Å². The lowest BCUT2D eigenvalue weighted by Crippen LogP contribution is -1.94. The van der Waals surface area contributed by atoms with Gasteiger partial charge in [-0.3, -0.25) is 0 Å². The second-order valence-corrected chi connectivity index (χ2v) is 5.51. The Morgan fingerprint density at radius 3 is 2.86 bits per heavy atom. The van der Waals surface area contributed by atoms with Gasteiger partial charge in [0.2, 0.25) is 6.79 Å². The summed E-state index contributed by atoms with van der Waals surface area (Å²) in [6.45, 7) is 0.206. The molecule has 1 N–H and O–H groups in total. The van der Waals surface area contributed by atoms with Gasteiger partial charge in [-0.2, -0.15) is 4.73 Å². The Morgan fingerprint density at radius 2 is 2.00 bits per heavy atom. The molecule has 0 saturated heterocycles. The molecule has 0 radical (unpaired) electrons. The predicted octanol–water partition coefficient (Wildman–Crippen LogP) is 3.34. The Balaban J connectivity index is 1.87. The Hall–Kier alpha value is -2.54. The summed E-state index contributed by atoms with van der Waals surface area (Å²) in [5.74, 6) is 1.33. The van der Waals surface area contributed by atoms with E-state index in [2.05, 4.69) is 25.9 Å². The highest BCUT2D eigenvalue weighted by molar-refractivity contribution is 9.10. The standard InChI is InChI=1S/C15H10BrN3O3/c16-13-3-1-2-10(18-13)14-15(19(20)7-17-14)9-4-5-11-12(6-9)22-8-21-11/h1-7,20H,8H2. The number of imidazole rings is 1. The van der Waals surface area contributed by atoms with E-state index in [1.54, 1.807) is 0 Å². The van der Waals surface area contributed by atoms with Crippen LogP contribution in [0, 0.1) is 0 Å². The van der Waals surface area contributed by atoms with Gasteiger partial charge in [-0.05, 0) is 46.3 Å². The SMILES string of the molecule is On1cnc(-c2cccc(Br)n2)c1-c1ccc2c(c1)OCO2. The van der Waals surface area contributed by atoms with E-state index in [9.17, 15) is 5.21 Å². The topological polar surface area (TPSA) is 69.4 Å². The zero-order valence-corrected chi connectivity index (χ0v) is 12.8. The van der Waals surface area contributed by atoms with Crippen molar-refractivity contribution in [3.05, 3.63) is 47.3 Å². The second kappa shape index (κ2) is 5.03. The molecule has 6 nitrogen and oxygen atoms in total. The summed E-state index contributed by atoms with van der Waals surface area (Å²) in [6.07, 6.45) is 1.35. The van der Waals surface area contributed by atoms with Crippen molar-refractivity contribution in [3.63, 3.8) is 0 Å². The summed E-state index contributed by atoms with van der Waals surface area (Å²) in [5.41, 5.74) is 2.56. The van der Waals surface area contributed by atoms with Crippen LogP contribution in [0.4, 0.5) is 0 Å².